The summed E-state index contributed by atoms with van der Waals surface area (Å²) in [5.74, 6) is 0.932. The molecule has 1 aliphatic carbocycles. The molecular formula is C7H11. The van der Waals surface area contributed by atoms with E-state index >= 15 is 0 Å². The van der Waals surface area contributed by atoms with Crippen molar-refractivity contribution in [3.05, 3.63) is 19.1 Å². The monoisotopic (exact) mass is 95.1 g/mol. The third-order valence-electron chi connectivity index (χ3n) is 1.20. The number of allylic oxidation sites excluding steroid dienone is 2. The first kappa shape index (κ1) is 4.89. The molecule has 0 amide bonds. The molecule has 0 spiro atoms. The summed E-state index contributed by atoms with van der Waals surface area (Å²) < 4.78 is 0. The predicted octanol–water partition coefficient (Wildman–Crippen LogP) is 2.18. The Morgan fingerprint density at radius 3 is 2.71 bits per heavy atom. The molecule has 0 N–H and O–H groups in total. The molecule has 1 saturated carbocycles. The van der Waals surface area contributed by atoms with E-state index in [1.807, 2.05) is 0 Å². The van der Waals surface area contributed by atoms with Crippen LogP contribution in [-0.4, -0.2) is 0 Å². The summed E-state index contributed by atoms with van der Waals surface area (Å²) >= 11 is 0. The van der Waals surface area contributed by atoms with Gasteiger partial charge in [0.1, 0.15) is 0 Å². The first-order chi connectivity index (χ1) is 3.43. The van der Waals surface area contributed by atoms with Gasteiger partial charge in [-0.25, -0.2) is 0 Å². The van der Waals surface area contributed by atoms with E-state index in [9.17, 15) is 0 Å². The van der Waals surface area contributed by atoms with Crippen molar-refractivity contribution in [1.29, 1.82) is 0 Å². The average molecular weight is 95.2 g/mol. The second-order valence-corrected chi connectivity index (χ2v) is 2.05. The highest BCUT2D eigenvalue weighted by atomic mass is 14.2. The van der Waals surface area contributed by atoms with Crippen molar-refractivity contribution in [1.82, 2.24) is 0 Å². The summed E-state index contributed by atoms with van der Waals surface area (Å²) in [5, 5.41) is 0. The molecule has 0 aliphatic heterocycles. The van der Waals surface area contributed by atoms with Gasteiger partial charge in [0.25, 0.3) is 0 Å². The van der Waals surface area contributed by atoms with E-state index < -0.39 is 0 Å². The number of rotatable bonds is 2. The number of hydrogen-bond acceptors (Lipinski definition) is 0. The van der Waals surface area contributed by atoms with Gasteiger partial charge in [0.05, 0.1) is 0 Å². The van der Waals surface area contributed by atoms with Crippen LogP contribution in [0.3, 0.4) is 0 Å². The maximum absolute atomic E-state index is 3.70. The normalized spacial score (nSPS) is 21.3. The lowest BCUT2D eigenvalue weighted by molar-refractivity contribution is 1.11. The molecule has 0 atom stereocenters. The molecule has 1 radical (unpaired) electrons. The molecule has 1 fully saturated rings. The van der Waals surface area contributed by atoms with Crippen LogP contribution in [0.4, 0.5) is 0 Å². The summed E-state index contributed by atoms with van der Waals surface area (Å²) in [6, 6.07) is 0. The van der Waals surface area contributed by atoms with Gasteiger partial charge in [0.2, 0.25) is 0 Å². The van der Waals surface area contributed by atoms with Gasteiger partial charge in [-0.15, -0.1) is 0 Å². The largest absolute Gasteiger partial charge is 0.0883 e. The van der Waals surface area contributed by atoms with Crippen LogP contribution in [-0.2, 0) is 0 Å². The Morgan fingerprint density at radius 1 is 1.57 bits per heavy atom. The van der Waals surface area contributed by atoms with Crippen molar-refractivity contribution < 1.29 is 0 Å². The van der Waals surface area contributed by atoms with E-state index in [-0.39, 0.29) is 0 Å². The highest BCUT2D eigenvalue weighted by Gasteiger charge is 2.16. The van der Waals surface area contributed by atoms with E-state index in [2.05, 4.69) is 19.1 Å². The lowest BCUT2D eigenvalue weighted by atomic mass is 10.3. The molecule has 0 aromatic rings. The van der Waals surface area contributed by atoms with Gasteiger partial charge in [0, 0.05) is 0 Å². The van der Waals surface area contributed by atoms with Crippen LogP contribution in [0.5, 0.6) is 0 Å². The first-order valence-electron chi connectivity index (χ1n) is 2.89. The highest BCUT2D eigenvalue weighted by molar-refractivity contribution is 4.95. The molecule has 0 aromatic heterocycles. The highest BCUT2D eigenvalue weighted by Crippen LogP contribution is 2.29. The summed E-state index contributed by atoms with van der Waals surface area (Å²) in [6.45, 7) is 3.70. The molecule has 0 saturated heterocycles. The van der Waals surface area contributed by atoms with Crippen LogP contribution in [0.15, 0.2) is 12.2 Å². The Balaban J connectivity index is 2.05. The number of hydrogen-bond donors (Lipinski definition) is 0. The molecule has 0 heteroatoms. The van der Waals surface area contributed by atoms with Gasteiger partial charge >= 0.3 is 0 Å². The molecule has 0 bridgehead atoms. The van der Waals surface area contributed by atoms with Crippen LogP contribution in [0, 0.1) is 12.8 Å². The molecule has 7 heavy (non-hydrogen) atoms. The Kier molecular flexibility index (Phi) is 1.50. The third kappa shape index (κ3) is 1.77. The minimum Gasteiger partial charge on any atom is -0.0883 e. The standard InChI is InChI=1S/C7H11/c1-2-3-4-7-5-6-7/h3-4,7H,1-2,5-6H2/b4-3+. The SMILES string of the molecule is [CH2]C/C=C/C1CC1. The zero-order chi connectivity index (χ0) is 5.11. The molecule has 39 valence electrons. The van der Waals surface area contributed by atoms with Gasteiger partial charge in [0.15, 0.2) is 0 Å². The molecule has 0 unspecified atom stereocenters. The molecule has 0 heterocycles. The van der Waals surface area contributed by atoms with Crippen LogP contribution in [0.2, 0.25) is 0 Å². The molecule has 1 aliphatic rings. The van der Waals surface area contributed by atoms with Gasteiger partial charge in [-0.2, -0.15) is 0 Å². The lowest BCUT2D eigenvalue weighted by Crippen LogP contribution is -1.59. The van der Waals surface area contributed by atoms with Crippen LogP contribution in [0.25, 0.3) is 0 Å². The lowest BCUT2D eigenvalue weighted by Gasteiger charge is -1.75. The second-order valence-electron chi connectivity index (χ2n) is 2.05. The van der Waals surface area contributed by atoms with Gasteiger partial charge in [-0.05, 0) is 32.1 Å². The van der Waals surface area contributed by atoms with Crippen LogP contribution in [0.1, 0.15) is 19.3 Å². The van der Waals surface area contributed by atoms with Crippen molar-refractivity contribution in [2.45, 2.75) is 19.3 Å². The average Bonchev–Trinajstić information content (AvgIpc) is 2.42. The molecule has 0 nitrogen and oxygen atoms in total. The van der Waals surface area contributed by atoms with E-state index in [1.165, 1.54) is 12.8 Å². The quantitative estimate of drug-likeness (QED) is 0.461. The second kappa shape index (κ2) is 2.15. The smallest absolute Gasteiger partial charge is 0.0233 e. The van der Waals surface area contributed by atoms with E-state index in [4.69, 9.17) is 0 Å². The van der Waals surface area contributed by atoms with Gasteiger partial charge in [-0.1, -0.05) is 12.2 Å². The van der Waals surface area contributed by atoms with E-state index in [0.29, 0.717) is 0 Å². The zero-order valence-electron chi connectivity index (χ0n) is 4.56. The molecule has 1 rings (SSSR count). The van der Waals surface area contributed by atoms with E-state index in [0.717, 1.165) is 12.3 Å². The summed E-state index contributed by atoms with van der Waals surface area (Å²) in [6.07, 6.45) is 8.20. The maximum Gasteiger partial charge on any atom is -0.0233 e. The molecule has 0 aromatic carbocycles. The van der Waals surface area contributed by atoms with Crippen molar-refractivity contribution in [3.63, 3.8) is 0 Å². The molecular weight excluding hydrogens is 84.1 g/mol. The fourth-order valence-electron chi connectivity index (χ4n) is 0.577. The van der Waals surface area contributed by atoms with Crippen LogP contribution >= 0.6 is 0 Å². The van der Waals surface area contributed by atoms with Crippen LogP contribution < -0.4 is 0 Å². The summed E-state index contributed by atoms with van der Waals surface area (Å²) in [7, 11) is 0. The topological polar surface area (TPSA) is 0 Å². The van der Waals surface area contributed by atoms with Crippen molar-refractivity contribution >= 4 is 0 Å². The first-order valence-corrected chi connectivity index (χ1v) is 2.89. The van der Waals surface area contributed by atoms with Crippen molar-refractivity contribution in [2.75, 3.05) is 0 Å². The Hall–Kier alpha value is -0.260. The summed E-state index contributed by atoms with van der Waals surface area (Å²) in [5.41, 5.74) is 0. The van der Waals surface area contributed by atoms with Crippen molar-refractivity contribution in [3.8, 4) is 0 Å². The maximum atomic E-state index is 3.70. The Morgan fingerprint density at radius 2 is 2.29 bits per heavy atom. The minimum atomic E-state index is 0.932. The zero-order valence-corrected chi connectivity index (χ0v) is 4.56. The van der Waals surface area contributed by atoms with Gasteiger partial charge < -0.3 is 0 Å². The Bertz CT molecular complexity index is 68.1. The fraction of sp³-hybridized carbons (Fsp3) is 0.571. The third-order valence-corrected chi connectivity index (χ3v) is 1.20. The fourth-order valence-corrected chi connectivity index (χ4v) is 0.577. The van der Waals surface area contributed by atoms with Crippen molar-refractivity contribution in [2.24, 2.45) is 5.92 Å². The predicted molar refractivity (Wildman–Crippen MR) is 31.8 cm³/mol. The van der Waals surface area contributed by atoms with E-state index in [1.54, 1.807) is 0 Å². The minimum absolute atomic E-state index is 0.932. The van der Waals surface area contributed by atoms with Gasteiger partial charge in [-0.3, -0.25) is 0 Å². The Labute approximate surface area is 45.2 Å². The summed E-state index contributed by atoms with van der Waals surface area (Å²) in [4.78, 5) is 0.